The summed E-state index contributed by atoms with van der Waals surface area (Å²) in [5, 5.41) is 0. The molecule has 0 saturated heterocycles. The van der Waals surface area contributed by atoms with Gasteiger partial charge in [0.05, 0.1) is 12.7 Å². The van der Waals surface area contributed by atoms with Crippen molar-refractivity contribution in [1.29, 1.82) is 0 Å². The normalized spacial score (nSPS) is 40.0. The van der Waals surface area contributed by atoms with Gasteiger partial charge in [0.2, 0.25) is 0 Å². The molecule has 3 fully saturated rings. The molecule has 9 atom stereocenters. The fourth-order valence-electron chi connectivity index (χ4n) is 9.34. The highest BCUT2D eigenvalue weighted by Gasteiger charge is 2.62. The first-order valence-electron chi connectivity index (χ1n) is 14.8. The predicted molar refractivity (Wildman–Crippen MR) is 144 cm³/mol. The van der Waals surface area contributed by atoms with Crippen LogP contribution in [0.25, 0.3) is 0 Å². The van der Waals surface area contributed by atoms with Gasteiger partial charge in [0.1, 0.15) is 0 Å². The molecule has 2 unspecified atom stereocenters. The standard InChI is InChI=1S/C32H50O4/c1-8-35-28(19-20(3)21(4)30(34)36-9-2)22(5)25-15-16-26-24-14-13-23-11-10-12-29(33)32(23,7)27(24)17-18-31(25,26)6/h10,12,22-28H,8-9,11,13-19H2,1-7H3/t22-,23?,24-,25+,26-,27-,28?,31+,32-/m0/s1. The summed E-state index contributed by atoms with van der Waals surface area (Å²) in [5.74, 6) is 3.69. The van der Waals surface area contributed by atoms with Crippen LogP contribution in [0.5, 0.6) is 0 Å². The minimum atomic E-state index is -0.208. The van der Waals surface area contributed by atoms with E-state index in [0.29, 0.717) is 59.9 Å². The van der Waals surface area contributed by atoms with Crippen LogP contribution < -0.4 is 0 Å². The molecule has 0 aromatic rings. The Morgan fingerprint density at radius 3 is 2.50 bits per heavy atom. The van der Waals surface area contributed by atoms with E-state index < -0.39 is 0 Å². The van der Waals surface area contributed by atoms with Gasteiger partial charge in [-0.25, -0.2) is 4.79 Å². The lowest BCUT2D eigenvalue weighted by Gasteiger charge is -2.59. The van der Waals surface area contributed by atoms with E-state index in [4.69, 9.17) is 9.47 Å². The number of ketones is 1. The smallest absolute Gasteiger partial charge is 0.333 e. The summed E-state index contributed by atoms with van der Waals surface area (Å²) in [6, 6.07) is 0. The average molecular weight is 499 g/mol. The Morgan fingerprint density at radius 2 is 1.81 bits per heavy atom. The van der Waals surface area contributed by atoms with Gasteiger partial charge in [0, 0.05) is 17.6 Å². The van der Waals surface area contributed by atoms with E-state index >= 15 is 0 Å². The molecule has 36 heavy (non-hydrogen) atoms. The minimum absolute atomic E-state index is 0.107. The zero-order chi connectivity index (χ0) is 26.3. The van der Waals surface area contributed by atoms with Crippen molar-refractivity contribution in [1.82, 2.24) is 0 Å². The molecule has 4 aliphatic rings. The van der Waals surface area contributed by atoms with Gasteiger partial charge < -0.3 is 9.47 Å². The molecule has 0 N–H and O–H groups in total. The number of carbonyl (C=O) groups is 2. The maximum absolute atomic E-state index is 13.2. The van der Waals surface area contributed by atoms with E-state index in [1.54, 1.807) is 0 Å². The summed E-state index contributed by atoms with van der Waals surface area (Å²) < 4.78 is 11.6. The number of allylic oxidation sites excluding steroid dienone is 2. The molecular formula is C32H50O4. The highest BCUT2D eigenvalue weighted by atomic mass is 16.5. The van der Waals surface area contributed by atoms with Crippen LogP contribution in [0.3, 0.4) is 0 Å². The second-order valence-electron chi connectivity index (χ2n) is 12.8. The highest BCUT2D eigenvalue weighted by molar-refractivity contribution is 5.96. The monoisotopic (exact) mass is 498 g/mol. The zero-order valence-electron chi connectivity index (χ0n) is 23.9. The summed E-state index contributed by atoms with van der Waals surface area (Å²) in [6.45, 7) is 16.2. The molecule has 0 bridgehead atoms. The van der Waals surface area contributed by atoms with Crippen LogP contribution in [0.15, 0.2) is 23.3 Å². The first-order chi connectivity index (χ1) is 17.1. The average Bonchev–Trinajstić information content (AvgIpc) is 3.21. The van der Waals surface area contributed by atoms with Crippen molar-refractivity contribution in [2.45, 2.75) is 106 Å². The molecule has 0 amide bonds. The number of carbonyl (C=O) groups excluding carboxylic acids is 2. The first-order valence-corrected chi connectivity index (χ1v) is 14.8. The molecule has 0 aromatic carbocycles. The second kappa shape index (κ2) is 10.8. The molecule has 0 radical (unpaired) electrons. The fourth-order valence-corrected chi connectivity index (χ4v) is 9.34. The maximum atomic E-state index is 13.2. The Kier molecular flexibility index (Phi) is 8.25. The highest BCUT2D eigenvalue weighted by Crippen LogP contribution is 2.67. The molecular weight excluding hydrogens is 448 g/mol. The Morgan fingerprint density at radius 1 is 1.06 bits per heavy atom. The molecule has 202 valence electrons. The van der Waals surface area contributed by atoms with Gasteiger partial charge in [0.25, 0.3) is 0 Å². The lowest BCUT2D eigenvalue weighted by Crippen LogP contribution is -2.55. The summed E-state index contributed by atoms with van der Waals surface area (Å²) in [5.41, 5.74) is 1.96. The van der Waals surface area contributed by atoms with Crippen molar-refractivity contribution in [2.24, 2.45) is 46.3 Å². The Bertz CT molecular complexity index is 902. The lowest BCUT2D eigenvalue weighted by atomic mass is 9.45. The molecule has 0 aromatic heterocycles. The lowest BCUT2D eigenvalue weighted by molar-refractivity contribution is -0.148. The topological polar surface area (TPSA) is 52.6 Å². The predicted octanol–water partition coefficient (Wildman–Crippen LogP) is 7.32. The van der Waals surface area contributed by atoms with Crippen molar-refractivity contribution in [2.75, 3.05) is 13.2 Å². The van der Waals surface area contributed by atoms with Gasteiger partial charge in [-0.2, -0.15) is 0 Å². The van der Waals surface area contributed by atoms with Gasteiger partial charge in [-0.05, 0) is 126 Å². The van der Waals surface area contributed by atoms with Gasteiger partial charge in [-0.15, -0.1) is 0 Å². The molecule has 0 aliphatic heterocycles. The SMILES string of the molecule is CCOC(=O)C(C)=C(C)CC(OCC)[C@@H](C)[C@H]1CC[C@H]2[C@@H]3CCC4CC=CC(=O)[C@]4(C)[C@H]3CC[C@]12C. The van der Waals surface area contributed by atoms with Crippen LogP contribution in [0.1, 0.15) is 99.8 Å². The number of hydrogen-bond acceptors (Lipinski definition) is 4. The third kappa shape index (κ3) is 4.54. The molecule has 4 heteroatoms. The van der Waals surface area contributed by atoms with E-state index in [1.165, 1.54) is 38.5 Å². The Hall–Kier alpha value is -1.42. The van der Waals surface area contributed by atoms with Crippen molar-refractivity contribution in [3.8, 4) is 0 Å². The Labute approximate surface area is 219 Å². The maximum Gasteiger partial charge on any atom is 0.333 e. The van der Waals surface area contributed by atoms with Gasteiger partial charge in [0.15, 0.2) is 5.78 Å². The van der Waals surface area contributed by atoms with E-state index in [9.17, 15) is 9.59 Å². The zero-order valence-corrected chi connectivity index (χ0v) is 23.9. The Balaban J connectivity index is 1.53. The van der Waals surface area contributed by atoms with E-state index in [1.807, 2.05) is 19.9 Å². The summed E-state index contributed by atoms with van der Waals surface area (Å²) >= 11 is 0. The summed E-state index contributed by atoms with van der Waals surface area (Å²) in [6.07, 6.45) is 13.4. The second-order valence-corrected chi connectivity index (χ2v) is 12.8. The van der Waals surface area contributed by atoms with Crippen LogP contribution >= 0.6 is 0 Å². The van der Waals surface area contributed by atoms with Crippen molar-refractivity contribution < 1.29 is 19.1 Å². The van der Waals surface area contributed by atoms with Crippen molar-refractivity contribution in [3.05, 3.63) is 23.3 Å². The molecule has 0 spiro atoms. The number of ether oxygens (including phenoxy) is 2. The van der Waals surface area contributed by atoms with Crippen molar-refractivity contribution >= 4 is 11.8 Å². The van der Waals surface area contributed by atoms with E-state index in [-0.39, 0.29) is 17.5 Å². The number of hydrogen-bond donors (Lipinski definition) is 0. The van der Waals surface area contributed by atoms with Gasteiger partial charge >= 0.3 is 5.97 Å². The van der Waals surface area contributed by atoms with Gasteiger partial charge in [-0.1, -0.05) is 32.4 Å². The van der Waals surface area contributed by atoms with Crippen LogP contribution in [0, 0.1) is 46.3 Å². The molecule has 3 saturated carbocycles. The van der Waals surface area contributed by atoms with Crippen LogP contribution in [0.4, 0.5) is 0 Å². The van der Waals surface area contributed by atoms with Crippen LogP contribution in [-0.2, 0) is 19.1 Å². The molecule has 0 heterocycles. The quantitative estimate of drug-likeness (QED) is 0.260. The third-order valence-electron chi connectivity index (χ3n) is 11.5. The number of rotatable bonds is 8. The van der Waals surface area contributed by atoms with Crippen LogP contribution in [0.2, 0.25) is 0 Å². The third-order valence-corrected chi connectivity index (χ3v) is 11.5. The summed E-state index contributed by atoms with van der Waals surface area (Å²) in [7, 11) is 0. The fraction of sp³-hybridized carbons (Fsp3) is 0.812. The molecule has 4 nitrogen and oxygen atoms in total. The van der Waals surface area contributed by atoms with Gasteiger partial charge in [-0.3, -0.25) is 4.79 Å². The first kappa shape index (κ1) is 27.6. The largest absolute Gasteiger partial charge is 0.463 e. The summed E-state index contributed by atoms with van der Waals surface area (Å²) in [4.78, 5) is 25.5. The molecule has 4 aliphatic carbocycles. The minimum Gasteiger partial charge on any atom is -0.463 e. The van der Waals surface area contributed by atoms with E-state index in [0.717, 1.165) is 24.0 Å². The number of fused-ring (bicyclic) bond motifs is 5. The van der Waals surface area contributed by atoms with Crippen molar-refractivity contribution in [3.63, 3.8) is 0 Å². The number of esters is 1. The van der Waals surface area contributed by atoms with Crippen LogP contribution in [-0.4, -0.2) is 31.1 Å². The van der Waals surface area contributed by atoms with E-state index in [2.05, 4.69) is 40.7 Å². The molecule has 4 rings (SSSR count).